The first-order valence-corrected chi connectivity index (χ1v) is 6.60. The summed E-state index contributed by atoms with van der Waals surface area (Å²) in [6.07, 6.45) is 4.69. The van der Waals surface area contributed by atoms with Gasteiger partial charge in [-0.1, -0.05) is 13.1 Å². The minimum atomic E-state index is -0.127. The van der Waals surface area contributed by atoms with Crippen LogP contribution in [0.15, 0.2) is 11.8 Å². The molecule has 10 heavy (non-hydrogen) atoms. The highest BCUT2D eigenvalue weighted by atomic mass is 28.3. The topological polar surface area (TPSA) is 9.23 Å². The first-order chi connectivity index (χ1) is 4.79. The van der Waals surface area contributed by atoms with Crippen LogP contribution in [-0.4, -0.2) is 15.4 Å². The fraction of sp³-hybridized carbons (Fsp3) is 0.750. The molecule has 2 heteroatoms. The molecule has 0 fully saturated rings. The summed E-state index contributed by atoms with van der Waals surface area (Å²) in [6.45, 7) is 5.59. The van der Waals surface area contributed by atoms with Crippen LogP contribution in [0.3, 0.4) is 0 Å². The fourth-order valence-corrected chi connectivity index (χ4v) is 2.02. The van der Waals surface area contributed by atoms with E-state index in [1.165, 1.54) is 24.6 Å². The zero-order chi connectivity index (χ0) is 7.40. The molecule has 1 rings (SSSR count). The van der Waals surface area contributed by atoms with E-state index in [1.54, 1.807) is 0 Å². The summed E-state index contributed by atoms with van der Waals surface area (Å²) in [7, 11) is -0.127. The second kappa shape index (κ2) is 3.81. The molecule has 57 valence electrons. The van der Waals surface area contributed by atoms with Crippen LogP contribution >= 0.6 is 0 Å². The van der Waals surface area contributed by atoms with Crippen LogP contribution in [0.4, 0.5) is 0 Å². The maximum Gasteiger partial charge on any atom is 0.0891 e. The highest BCUT2D eigenvalue weighted by Crippen LogP contribution is 2.15. The fourth-order valence-electron chi connectivity index (χ4n) is 1.08. The van der Waals surface area contributed by atoms with Gasteiger partial charge in [-0.25, -0.2) is 0 Å². The van der Waals surface area contributed by atoms with Gasteiger partial charge in [-0.3, -0.25) is 0 Å². The van der Waals surface area contributed by atoms with Crippen LogP contribution in [0.5, 0.6) is 0 Å². The maximum atomic E-state index is 5.48. The highest BCUT2D eigenvalue weighted by molar-refractivity contribution is 6.56. The molecule has 0 atom stereocenters. The van der Waals surface area contributed by atoms with Crippen molar-refractivity contribution in [2.75, 3.05) is 6.61 Å². The second-order valence-corrected chi connectivity index (χ2v) is 5.81. The van der Waals surface area contributed by atoms with Gasteiger partial charge in [-0.2, -0.15) is 0 Å². The molecule has 0 aromatic heterocycles. The van der Waals surface area contributed by atoms with Gasteiger partial charge in [0.25, 0.3) is 0 Å². The summed E-state index contributed by atoms with van der Waals surface area (Å²) >= 11 is 0. The molecule has 0 saturated heterocycles. The highest BCUT2D eigenvalue weighted by Gasteiger charge is 2.06. The molecule has 1 aliphatic rings. The lowest BCUT2D eigenvalue weighted by Crippen LogP contribution is -2.07. The second-order valence-electron chi connectivity index (χ2n) is 3.05. The quantitative estimate of drug-likeness (QED) is 0.556. The van der Waals surface area contributed by atoms with Gasteiger partial charge in [0.05, 0.1) is 21.2 Å². The van der Waals surface area contributed by atoms with E-state index in [2.05, 4.69) is 19.2 Å². The summed E-state index contributed by atoms with van der Waals surface area (Å²) in [6, 6.07) is 1.21. The van der Waals surface area contributed by atoms with Crippen molar-refractivity contribution < 1.29 is 4.74 Å². The van der Waals surface area contributed by atoms with Gasteiger partial charge < -0.3 is 4.74 Å². The lowest BCUT2D eigenvalue weighted by Gasteiger charge is -2.15. The standard InChI is InChI=1S/C8H15OSi/c1-10(2)7-8-5-3-4-6-9-8/h5H,3-4,6-7H2,1-2H3. The molecular weight excluding hydrogens is 140 g/mol. The Hall–Kier alpha value is -0.243. The third kappa shape index (κ3) is 2.56. The SMILES string of the molecule is C[Si](C)CC1=CCCCO1. The molecule has 0 aromatic carbocycles. The molecule has 0 bridgehead atoms. The lowest BCUT2D eigenvalue weighted by molar-refractivity contribution is 0.195. The number of ether oxygens (including phenoxy) is 1. The summed E-state index contributed by atoms with van der Waals surface area (Å²) in [5.41, 5.74) is 0. The van der Waals surface area contributed by atoms with E-state index in [9.17, 15) is 0 Å². The van der Waals surface area contributed by atoms with E-state index >= 15 is 0 Å². The van der Waals surface area contributed by atoms with Crippen molar-refractivity contribution in [3.63, 3.8) is 0 Å². The Morgan fingerprint density at radius 1 is 1.60 bits per heavy atom. The van der Waals surface area contributed by atoms with Crippen LogP contribution in [0.2, 0.25) is 19.1 Å². The van der Waals surface area contributed by atoms with Crippen molar-refractivity contribution in [2.45, 2.75) is 32.0 Å². The number of allylic oxidation sites excluding steroid dienone is 2. The van der Waals surface area contributed by atoms with Gasteiger partial charge in [0.15, 0.2) is 0 Å². The lowest BCUT2D eigenvalue weighted by atomic mass is 10.2. The van der Waals surface area contributed by atoms with Crippen LogP contribution in [0.25, 0.3) is 0 Å². The van der Waals surface area contributed by atoms with Crippen molar-refractivity contribution >= 4 is 8.80 Å². The third-order valence-corrected chi connectivity index (χ3v) is 2.59. The van der Waals surface area contributed by atoms with Crippen molar-refractivity contribution in [1.29, 1.82) is 0 Å². The molecule has 0 aromatic rings. The van der Waals surface area contributed by atoms with E-state index in [4.69, 9.17) is 4.74 Å². The van der Waals surface area contributed by atoms with Crippen molar-refractivity contribution in [1.82, 2.24) is 0 Å². The van der Waals surface area contributed by atoms with Crippen LogP contribution in [0.1, 0.15) is 12.8 Å². The summed E-state index contributed by atoms with van der Waals surface area (Å²) < 4.78 is 5.48. The molecule has 1 aliphatic heterocycles. The monoisotopic (exact) mass is 155 g/mol. The molecule has 1 nitrogen and oxygen atoms in total. The van der Waals surface area contributed by atoms with Crippen molar-refractivity contribution in [3.8, 4) is 0 Å². The van der Waals surface area contributed by atoms with E-state index in [1.807, 2.05) is 0 Å². The molecular formula is C8H15OSi. The van der Waals surface area contributed by atoms with Crippen molar-refractivity contribution in [3.05, 3.63) is 11.8 Å². The smallest absolute Gasteiger partial charge is 0.0891 e. The Kier molecular flexibility index (Phi) is 3.00. The summed E-state index contributed by atoms with van der Waals surface area (Å²) in [5.74, 6) is 1.25. The van der Waals surface area contributed by atoms with Crippen molar-refractivity contribution in [2.24, 2.45) is 0 Å². The average Bonchev–Trinajstić information content (AvgIpc) is 1.88. The first kappa shape index (κ1) is 7.86. The Balaban J connectivity index is 2.31. The van der Waals surface area contributed by atoms with E-state index in [-0.39, 0.29) is 8.80 Å². The zero-order valence-electron chi connectivity index (χ0n) is 6.81. The van der Waals surface area contributed by atoms with Gasteiger partial charge in [-0.15, -0.1) is 0 Å². The van der Waals surface area contributed by atoms with Crippen LogP contribution in [0, 0.1) is 0 Å². The minimum absolute atomic E-state index is 0.127. The summed E-state index contributed by atoms with van der Waals surface area (Å²) in [5, 5.41) is 0. The van der Waals surface area contributed by atoms with Gasteiger partial charge in [0, 0.05) is 0 Å². The van der Waals surface area contributed by atoms with Gasteiger partial charge in [-0.05, 0) is 25.0 Å². The number of hydrogen-bond donors (Lipinski definition) is 0. The Morgan fingerprint density at radius 2 is 2.40 bits per heavy atom. The molecule has 0 N–H and O–H groups in total. The Morgan fingerprint density at radius 3 is 2.90 bits per heavy atom. The third-order valence-electron chi connectivity index (χ3n) is 1.54. The Labute approximate surface area is 64.7 Å². The number of hydrogen-bond acceptors (Lipinski definition) is 1. The Bertz CT molecular complexity index is 129. The molecule has 1 radical (unpaired) electrons. The zero-order valence-corrected chi connectivity index (χ0v) is 7.81. The average molecular weight is 155 g/mol. The van der Waals surface area contributed by atoms with Crippen LogP contribution in [-0.2, 0) is 4.74 Å². The normalized spacial score (nSPS) is 18.5. The van der Waals surface area contributed by atoms with E-state index < -0.39 is 0 Å². The molecule has 1 heterocycles. The predicted octanol–water partition coefficient (Wildman–Crippen LogP) is 2.44. The largest absolute Gasteiger partial charge is 0.499 e. The molecule has 0 amide bonds. The van der Waals surface area contributed by atoms with Crippen LogP contribution < -0.4 is 0 Å². The molecule has 0 spiro atoms. The van der Waals surface area contributed by atoms with Gasteiger partial charge in [0.1, 0.15) is 0 Å². The molecule has 0 unspecified atom stereocenters. The maximum absolute atomic E-state index is 5.48. The molecule has 0 saturated carbocycles. The van der Waals surface area contributed by atoms with E-state index in [0.717, 1.165) is 6.61 Å². The molecule has 0 aliphatic carbocycles. The first-order valence-electron chi connectivity index (χ1n) is 3.90. The minimum Gasteiger partial charge on any atom is -0.499 e. The number of rotatable bonds is 2. The summed E-state index contributed by atoms with van der Waals surface area (Å²) in [4.78, 5) is 0. The van der Waals surface area contributed by atoms with E-state index in [0.29, 0.717) is 0 Å². The van der Waals surface area contributed by atoms with Gasteiger partial charge >= 0.3 is 0 Å². The van der Waals surface area contributed by atoms with Gasteiger partial charge in [0.2, 0.25) is 0 Å². The predicted molar refractivity (Wildman–Crippen MR) is 45.6 cm³/mol.